The molecule has 0 spiro atoms. The third-order valence-electron chi connectivity index (χ3n) is 5.25. The normalized spacial score (nSPS) is 14.6. The first kappa shape index (κ1) is 23.6. The molecule has 2 aromatic carbocycles. The summed E-state index contributed by atoms with van der Waals surface area (Å²) in [7, 11) is -3.90. The fourth-order valence-corrected chi connectivity index (χ4v) is 4.67. The first-order chi connectivity index (χ1) is 15.4. The van der Waals surface area contributed by atoms with Crippen molar-refractivity contribution in [3.63, 3.8) is 0 Å². The molecule has 1 heterocycles. The number of sulfonamides is 1. The van der Waals surface area contributed by atoms with Crippen molar-refractivity contribution in [2.24, 2.45) is 5.92 Å². The van der Waals surface area contributed by atoms with Crippen LogP contribution in [-0.4, -0.2) is 51.5 Å². The van der Waals surface area contributed by atoms with Gasteiger partial charge in [0.05, 0.1) is 35.3 Å². The number of nitrogens with zero attached hydrogens (tertiary/aromatic N) is 1. The number of benzene rings is 2. The number of para-hydroxylation sites is 1. The Morgan fingerprint density at radius 2 is 1.66 bits per heavy atom. The van der Waals surface area contributed by atoms with Gasteiger partial charge in [-0.3, -0.25) is 14.3 Å². The first-order valence-electron chi connectivity index (χ1n) is 10.7. The molecule has 8 nitrogen and oxygen atoms in total. The van der Waals surface area contributed by atoms with Gasteiger partial charge in [-0.15, -0.1) is 0 Å². The molecule has 0 bridgehead atoms. The second kappa shape index (κ2) is 10.5. The third-order valence-corrected chi connectivity index (χ3v) is 6.63. The van der Waals surface area contributed by atoms with E-state index in [4.69, 9.17) is 9.47 Å². The van der Waals surface area contributed by atoms with Crippen LogP contribution in [0.1, 0.15) is 37.0 Å². The van der Waals surface area contributed by atoms with Crippen LogP contribution >= 0.6 is 0 Å². The minimum Gasteiger partial charge on any atom is -0.494 e. The lowest BCUT2D eigenvalue weighted by Crippen LogP contribution is -2.41. The van der Waals surface area contributed by atoms with Crippen LogP contribution in [0.25, 0.3) is 0 Å². The molecule has 1 N–H and O–H groups in total. The number of hydrogen-bond donors (Lipinski definition) is 1. The summed E-state index contributed by atoms with van der Waals surface area (Å²) < 4.78 is 38.7. The maximum absolute atomic E-state index is 13.1. The van der Waals surface area contributed by atoms with Crippen molar-refractivity contribution in [3.05, 3.63) is 54.1 Å². The number of amides is 1. The summed E-state index contributed by atoms with van der Waals surface area (Å²) in [5, 5.41) is 0. The highest BCUT2D eigenvalue weighted by molar-refractivity contribution is 7.92. The van der Waals surface area contributed by atoms with Gasteiger partial charge in [-0.25, -0.2) is 8.42 Å². The molecular formula is C23H28N2O6S. The van der Waals surface area contributed by atoms with E-state index < -0.39 is 10.0 Å². The lowest BCUT2D eigenvalue weighted by Gasteiger charge is -2.31. The van der Waals surface area contributed by atoms with Crippen molar-refractivity contribution in [2.75, 3.05) is 31.0 Å². The summed E-state index contributed by atoms with van der Waals surface area (Å²) in [6, 6.07) is 12.6. The standard InChI is InChI=1S/C23H28N2O6S/c1-3-30-18-9-11-19(12-10-18)32(28,29)24-21-8-6-5-7-20(21)22(26)25-15-13-17(14-16-25)23(27)31-4-2/h5-12,17,24H,3-4,13-16H2,1-2H3. The molecular weight excluding hydrogens is 432 g/mol. The van der Waals surface area contributed by atoms with E-state index in [2.05, 4.69) is 4.72 Å². The summed E-state index contributed by atoms with van der Waals surface area (Å²) in [5.41, 5.74) is 0.468. The molecule has 0 aliphatic carbocycles. The van der Waals surface area contributed by atoms with Crippen molar-refractivity contribution in [2.45, 2.75) is 31.6 Å². The lowest BCUT2D eigenvalue weighted by molar-refractivity contribution is -0.149. The number of hydrogen-bond acceptors (Lipinski definition) is 6. The van der Waals surface area contributed by atoms with Crippen LogP contribution in [0, 0.1) is 5.92 Å². The maximum Gasteiger partial charge on any atom is 0.309 e. The average Bonchev–Trinajstić information content (AvgIpc) is 2.80. The van der Waals surface area contributed by atoms with E-state index in [0.717, 1.165) is 0 Å². The summed E-state index contributed by atoms with van der Waals surface area (Å²) >= 11 is 0. The van der Waals surface area contributed by atoms with E-state index in [1.807, 2.05) is 6.92 Å². The van der Waals surface area contributed by atoms with Gasteiger partial charge >= 0.3 is 5.97 Å². The van der Waals surface area contributed by atoms with Gasteiger partial charge in [-0.1, -0.05) is 12.1 Å². The zero-order valence-electron chi connectivity index (χ0n) is 18.2. The first-order valence-corrected chi connectivity index (χ1v) is 12.1. The largest absolute Gasteiger partial charge is 0.494 e. The summed E-state index contributed by atoms with van der Waals surface area (Å²) in [4.78, 5) is 26.8. The van der Waals surface area contributed by atoms with Gasteiger partial charge in [0.2, 0.25) is 0 Å². The molecule has 32 heavy (non-hydrogen) atoms. The van der Waals surface area contributed by atoms with Crippen LogP contribution in [0.4, 0.5) is 5.69 Å². The van der Waals surface area contributed by atoms with E-state index >= 15 is 0 Å². The van der Waals surface area contributed by atoms with Crippen LogP contribution in [0.3, 0.4) is 0 Å². The molecule has 9 heteroatoms. The molecule has 1 aliphatic rings. The molecule has 2 aromatic rings. The number of nitrogens with one attached hydrogen (secondary N) is 1. The third kappa shape index (κ3) is 5.59. The lowest BCUT2D eigenvalue weighted by atomic mass is 9.96. The Kier molecular flexibility index (Phi) is 7.74. The molecule has 0 radical (unpaired) electrons. The summed E-state index contributed by atoms with van der Waals surface area (Å²) in [6.45, 7) is 5.24. The Morgan fingerprint density at radius 1 is 1.00 bits per heavy atom. The van der Waals surface area contributed by atoms with Crippen molar-refractivity contribution in [3.8, 4) is 5.75 Å². The highest BCUT2D eigenvalue weighted by atomic mass is 32.2. The Morgan fingerprint density at radius 3 is 2.28 bits per heavy atom. The fraction of sp³-hybridized carbons (Fsp3) is 0.391. The van der Waals surface area contributed by atoms with Gasteiger partial charge in [-0.2, -0.15) is 0 Å². The predicted molar refractivity (Wildman–Crippen MR) is 120 cm³/mol. The number of piperidine rings is 1. The predicted octanol–water partition coefficient (Wildman–Crippen LogP) is 3.30. The van der Waals surface area contributed by atoms with E-state index in [0.29, 0.717) is 44.9 Å². The molecule has 0 saturated carbocycles. The minimum atomic E-state index is -3.90. The molecule has 1 amide bonds. The number of ether oxygens (including phenoxy) is 2. The maximum atomic E-state index is 13.1. The minimum absolute atomic E-state index is 0.0680. The molecule has 3 rings (SSSR count). The van der Waals surface area contributed by atoms with E-state index in [-0.39, 0.29) is 33.9 Å². The van der Waals surface area contributed by atoms with Crippen LogP contribution in [0.15, 0.2) is 53.4 Å². The number of carbonyl (C=O) groups is 2. The van der Waals surface area contributed by atoms with Crippen molar-refractivity contribution in [1.29, 1.82) is 0 Å². The molecule has 0 atom stereocenters. The molecule has 172 valence electrons. The molecule has 0 aromatic heterocycles. The van der Waals surface area contributed by atoms with E-state index in [1.165, 1.54) is 12.1 Å². The highest BCUT2D eigenvalue weighted by Crippen LogP contribution is 2.25. The molecule has 0 unspecified atom stereocenters. The molecule has 1 fully saturated rings. The Hall–Kier alpha value is -3.07. The summed E-state index contributed by atoms with van der Waals surface area (Å²) in [5.74, 6) is -0.152. The molecule has 1 saturated heterocycles. The van der Waals surface area contributed by atoms with Gasteiger partial charge < -0.3 is 14.4 Å². The van der Waals surface area contributed by atoms with Gasteiger partial charge in [0.25, 0.3) is 15.9 Å². The van der Waals surface area contributed by atoms with Gasteiger partial charge in [0.1, 0.15) is 5.75 Å². The van der Waals surface area contributed by atoms with Crippen molar-refractivity contribution < 1.29 is 27.5 Å². The Balaban J connectivity index is 1.73. The van der Waals surface area contributed by atoms with E-state index in [1.54, 1.807) is 48.2 Å². The Bertz CT molecular complexity index is 1040. The van der Waals surface area contributed by atoms with Gasteiger partial charge in [-0.05, 0) is 63.1 Å². The van der Waals surface area contributed by atoms with Crippen LogP contribution in [0.2, 0.25) is 0 Å². The van der Waals surface area contributed by atoms with Crippen LogP contribution in [-0.2, 0) is 19.6 Å². The Labute approximate surface area is 188 Å². The zero-order chi connectivity index (χ0) is 23.1. The van der Waals surface area contributed by atoms with Crippen molar-refractivity contribution in [1.82, 2.24) is 4.90 Å². The van der Waals surface area contributed by atoms with Crippen LogP contribution < -0.4 is 9.46 Å². The van der Waals surface area contributed by atoms with Crippen molar-refractivity contribution >= 4 is 27.6 Å². The monoisotopic (exact) mass is 460 g/mol. The molecule has 1 aliphatic heterocycles. The number of esters is 1. The number of rotatable bonds is 8. The average molecular weight is 461 g/mol. The van der Waals surface area contributed by atoms with E-state index in [9.17, 15) is 18.0 Å². The topological polar surface area (TPSA) is 102 Å². The number of likely N-dealkylation sites (tertiary alicyclic amines) is 1. The summed E-state index contributed by atoms with van der Waals surface area (Å²) in [6.07, 6.45) is 1.04. The fourth-order valence-electron chi connectivity index (χ4n) is 3.59. The number of carbonyl (C=O) groups excluding carboxylic acids is 2. The quantitative estimate of drug-likeness (QED) is 0.607. The number of anilines is 1. The smallest absolute Gasteiger partial charge is 0.309 e. The van der Waals surface area contributed by atoms with Gasteiger partial charge in [0.15, 0.2) is 0 Å². The second-order valence-corrected chi connectivity index (χ2v) is 9.06. The second-order valence-electron chi connectivity index (χ2n) is 7.37. The zero-order valence-corrected chi connectivity index (χ0v) is 19.1. The van der Waals surface area contributed by atoms with Gasteiger partial charge in [0, 0.05) is 13.1 Å². The SMILES string of the molecule is CCOC(=O)C1CCN(C(=O)c2ccccc2NS(=O)(=O)c2ccc(OCC)cc2)CC1. The van der Waals surface area contributed by atoms with Crippen LogP contribution in [0.5, 0.6) is 5.75 Å². The highest BCUT2D eigenvalue weighted by Gasteiger charge is 2.30.